The molecule has 0 unspecified atom stereocenters. The number of nitrogens with one attached hydrogen (secondary N) is 1. The first-order chi connectivity index (χ1) is 9.63. The van der Waals surface area contributed by atoms with Crippen LogP contribution in [0.2, 0.25) is 0 Å². The second kappa shape index (κ2) is 8.59. The smallest absolute Gasteiger partial charge is 0.408 e. The van der Waals surface area contributed by atoms with E-state index in [1.54, 1.807) is 0 Å². The SMILES string of the molecule is C#CCCC[C@H](NC(=O)OCc1ccccc1)C(=O)O. The maximum Gasteiger partial charge on any atom is 0.408 e. The Morgan fingerprint density at radius 2 is 2.05 bits per heavy atom. The molecule has 0 saturated heterocycles. The van der Waals surface area contributed by atoms with Crippen molar-refractivity contribution in [1.29, 1.82) is 0 Å². The van der Waals surface area contributed by atoms with Crippen LogP contribution in [0.3, 0.4) is 0 Å². The van der Waals surface area contributed by atoms with E-state index in [-0.39, 0.29) is 13.0 Å². The van der Waals surface area contributed by atoms with Crippen LogP contribution in [0.25, 0.3) is 0 Å². The largest absolute Gasteiger partial charge is 0.480 e. The van der Waals surface area contributed by atoms with Gasteiger partial charge in [0.2, 0.25) is 0 Å². The Morgan fingerprint density at radius 3 is 2.65 bits per heavy atom. The minimum atomic E-state index is -1.10. The van der Waals surface area contributed by atoms with Gasteiger partial charge in [-0.1, -0.05) is 30.3 Å². The molecule has 5 heteroatoms. The summed E-state index contributed by atoms with van der Waals surface area (Å²) in [5, 5.41) is 11.3. The number of hydrogen-bond acceptors (Lipinski definition) is 3. The molecule has 0 bridgehead atoms. The van der Waals surface area contributed by atoms with Crippen molar-refractivity contribution in [2.75, 3.05) is 0 Å². The minimum absolute atomic E-state index is 0.101. The third-order valence-electron chi connectivity index (χ3n) is 2.62. The number of carboxylic acids is 1. The van der Waals surface area contributed by atoms with Crippen LogP contribution >= 0.6 is 0 Å². The summed E-state index contributed by atoms with van der Waals surface area (Å²) in [6, 6.07) is 8.17. The summed E-state index contributed by atoms with van der Waals surface area (Å²) >= 11 is 0. The number of carbonyl (C=O) groups is 2. The van der Waals surface area contributed by atoms with Gasteiger partial charge in [0.05, 0.1) is 0 Å². The number of rotatable bonds is 7. The van der Waals surface area contributed by atoms with Crippen molar-refractivity contribution >= 4 is 12.1 Å². The van der Waals surface area contributed by atoms with E-state index >= 15 is 0 Å². The van der Waals surface area contributed by atoms with E-state index in [0.29, 0.717) is 12.8 Å². The van der Waals surface area contributed by atoms with Crippen LogP contribution in [0.1, 0.15) is 24.8 Å². The summed E-state index contributed by atoms with van der Waals surface area (Å²) in [5.74, 6) is 1.33. The molecule has 0 saturated carbocycles. The van der Waals surface area contributed by atoms with Crippen LogP contribution in [0.4, 0.5) is 4.79 Å². The summed E-state index contributed by atoms with van der Waals surface area (Å²) in [5.41, 5.74) is 0.835. The predicted molar refractivity (Wildman–Crippen MR) is 73.9 cm³/mol. The van der Waals surface area contributed by atoms with E-state index in [1.165, 1.54) is 0 Å². The molecule has 20 heavy (non-hydrogen) atoms. The Hall–Kier alpha value is -2.48. The number of aliphatic carboxylic acids is 1. The van der Waals surface area contributed by atoms with Gasteiger partial charge in [-0.25, -0.2) is 9.59 Å². The van der Waals surface area contributed by atoms with Crippen LogP contribution < -0.4 is 5.32 Å². The summed E-state index contributed by atoms with van der Waals surface area (Å²) in [7, 11) is 0. The molecule has 106 valence electrons. The van der Waals surface area contributed by atoms with Crippen molar-refractivity contribution in [3.05, 3.63) is 35.9 Å². The fourth-order valence-electron chi connectivity index (χ4n) is 1.57. The zero-order valence-electron chi connectivity index (χ0n) is 11.0. The quantitative estimate of drug-likeness (QED) is 0.590. The zero-order valence-corrected chi connectivity index (χ0v) is 11.0. The molecule has 1 atom stereocenters. The highest BCUT2D eigenvalue weighted by atomic mass is 16.5. The molecule has 0 aliphatic rings. The lowest BCUT2D eigenvalue weighted by Gasteiger charge is -2.14. The van der Waals surface area contributed by atoms with Gasteiger partial charge in [-0.2, -0.15) is 0 Å². The van der Waals surface area contributed by atoms with Crippen molar-refractivity contribution in [2.24, 2.45) is 0 Å². The second-order valence-electron chi connectivity index (χ2n) is 4.19. The molecule has 0 spiro atoms. The number of terminal acetylenes is 1. The Balaban J connectivity index is 2.38. The van der Waals surface area contributed by atoms with E-state index in [1.807, 2.05) is 30.3 Å². The van der Waals surface area contributed by atoms with E-state index in [9.17, 15) is 9.59 Å². The second-order valence-corrected chi connectivity index (χ2v) is 4.19. The van der Waals surface area contributed by atoms with Gasteiger partial charge in [0.15, 0.2) is 0 Å². The molecule has 0 heterocycles. The third kappa shape index (κ3) is 5.91. The Kier molecular flexibility index (Phi) is 6.69. The van der Waals surface area contributed by atoms with E-state index in [0.717, 1.165) is 5.56 Å². The molecule has 0 fully saturated rings. The Morgan fingerprint density at radius 1 is 1.35 bits per heavy atom. The van der Waals surface area contributed by atoms with Gasteiger partial charge in [0, 0.05) is 6.42 Å². The molecule has 0 aliphatic heterocycles. The van der Waals surface area contributed by atoms with E-state index < -0.39 is 18.1 Å². The lowest BCUT2D eigenvalue weighted by Crippen LogP contribution is -2.40. The normalized spacial score (nSPS) is 11.2. The van der Waals surface area contributed by atoms with Crippen LogP contribution in [0.5, 0.6) is 0 Å². The van der Waals surface area contributed by atoms with Crippen LogP contribution in [-0.2, 0) is 16.1 Å². The zero-order chi connectivity index (χ0) is 14.8. The fraction of sp³-hybridized carbons (Fsp3) is 0.333. The first-order valence-corrected chi connectivity index (χ1v) is 6.27. The molecule has 2 N–H and O–H groups in total. The van der Waals surface area contributed by atoms with Gasteiger partial charge in [0.1, 0.15) is 12.6 Å². The minimum Gasteiger partial charge on any atom is -0.480 e. The van der Waals surface area contributed by atoms with Crippen LogP contribution in [0, 0.1) is 12.3 Å². The summed E-state index contributed by atoms with van der Waals surface area (Å²) in [6.07, 6.45) is 5.64. The molecule has 0 radical (unpaired) electrons. The molecule has 1 amide bonds. The van der Waals surface area contributed by atoms with Crippen molar-refractivity contribution < 1.29 is 19.4 Å². The van der Waals surface area contributed by atoms with Crippen LogP contribution in [-0.4, -0.2) is 23.2 Å². The van der Waals surface area contributed by atoms with Crippen LogP contribution in [0.15, 0.2) is 30.3 Å². The summed E-state index contributed by atoms with van der Waals surface area (Å²) in [4.78, 5) is 22.5. The number of amides is 1. The average molecular weight is 275 g/mol. The number of hydrogen-bond donors (Lipinski definition) is 2. The molecular formula is C15H17NO4. The fourth-order valence-corrected chi connectivity index (χ4v) is 1.57. The Labute approximate surface area is 117 Å². The molecule has 0 aromatic heterocycles. The maximum absolute atomic E-state index is 11.5. The molecule has 5 nitrogen and oxygen atoms in total. The van der Waals surface area contributed by atoms with Gasteiger partial charge in [-0.3, -0.25) is 0 Å². The first-order valence-electron chi connectivity index (χ1n) is 6.27. The predicted octanol–water partition coefficient (Wildman–Crippen LogP) is 2.17. The van der Waals surface area contributed by atoms with Crippen molar-refractivity contribution in [1.82, 2.24) is 5.32 Å². The highest BCUT2D eigenvalue weighted by molar-refractivity contribution is 5.79. The number of alkyl carbamates (subject to hydrolysis) is 1. The topological polar surface area (TPSA) is 75.6 Å². The molecule has 1 rings (SSSR count). The van der Waals surface area contributed by atoms with Crippen molar-refractivity contribution in [2.45, 2.75) is 31.9 Å². The number of ether oxygens (including phenoxy) is 1. The van der Waals surface area contributed by atoms with Gasteiger partial charge in [-0.15, -0.1) is 12.3 Å². The number of carboxylic acid groups (broad SMARTS) is 1. The number of carbonyl (C=O) groups excluding carboxylic acids is 1. The van der Waals surface area contributed by atoms with Gasteiger partial charge >= 0.3 is 12.1 Å². The highest BCUT2D eigenvalue weighted by Gasteiger charge is 2.19. The van der Waals surface area contributed by atoms with Crippen molar-refractivity contribution in [3.8, 4) is 12.3 Å². The summed E-state index contributed by atoms with van der Waals surface area (Å²) in [6.45, 7) is 0.101. The third-order valence-corrected chi connectivity index (χ3v) is 2.62. The lowest BCUT2D eigenvalue weighted by molar-refractivity contribution is -0.139. The van der Waals surface area contributed by atoms with Gasteiger partial charge in [-0.05, 0) is 18.4 Å². The highest BCUT2D eigenvalue weighted by Crippen LogP contribution is 2.03. The van der Waals surface area contributed by atoms with Crippen molar-refractivity contribution in [3.63, 3.8) is 0 Å². The summed E-state index contributed by atoms with van der Waals surface area (Å²) < 4.78 is 4.96. The molecule has 0 aliphatic carbocycles. The van der Waals surface area contributed by atoms with Gasteiger partial charge < -0.3 is 15.2 Å². The molecule has 1 aromatic rings. The Bertz CT molecular complexity index is 478. The maximum atomic E-state index is 11.5. The molecule has 1 aromatic carbocycles. The monoisotopic (exact) mass is 275 g/mol. The number of unbranched alkanes of at least 4 members (excludes halogenated alkanes) is 1. The van der Waals surface area contributed by atoms with E-state index in [4.69, 9.17) is 16.3 Å². The standard InChI is InChI=1S/C15H17NO4/c1-2-3-5-10-13(14(17)18)16-15(19)20-11-12-8-6-4-7-9-12/h1,4,6-9,13H,3,5,10-11H2,(H,16,19)(H,17,18)/t13-/m0/s1. The molecular weight excluding hydrogens is 258 g/mol. The van der Waals surface area contributed by atoms with E-state index in [2.05, 4.69) is 11.2 Å². The lowest BCUT2D eigenvalue weighted by atomic mass is 10.1. The average Bonchev–Trinajstić information content (AvgIpc) is 2.45. The van der Waals surface area contributed by atoms with Gasteiger partial charge in [0.25, 0.3) is 0 Å². The number of benzene rings is 1. The first kappa shape index (κ1) is 15.6.